The molecule has 0 unspecified atom stereocenters. The van der Waals surface area contributed by atoms with Gasteiger partial charge >= 0.3 is 0 Å². The van der Waals surface area contributed by atoms with Crippen molar-refractivity contribution in [3.8, 4) is 22.6 Å². The highest BCUT2D eigenvalue weighted by molar-refractivity contribution is 9.09. The van der Waals surface area contributed by atoms with Crippen LogP contribution in [0, 0.1) is 12.7 Å². The molecule has 0 fully saturated rings. The van der Waals surface area contributed by atoms with Crippen molar-refractivity contribution in [3.63, 3.8) is 0 Å². The highest BCUT2D eigenvalue weighted by atomic mass is 79.9. The van der Waals surface area contributed by atoms with Gasteiger partial charge in [-0.1, -0.05) is 40.2 Å². The van der Waals surface area contributed by atoms with Gasteiger partial charge in [0.05, 0.1) is 13.7 Å². The maximum Gasteiger partial charge on any atom is 0.195 e. The SMILES string of the molecule is COc1ccc(-c2cc(OCCBr)cc(C)c2C(=O)c2csc3ccccc23)cc1F. The molecule has 0 radical (unpaired) electrons. The van der Waals surface area contributed by atoms with Crippen LogP contribution in [-0.2, 0) is 0 Å². The van der Waals surface area contributed by atoms with E-state index in [-0.39, 0.29) is 11.5 Å². The van der Waals surface area contributed by atoms with Crippen LogP contribution >= 0.6 is 27.3 Å². The van der Waals surface area contributed by atoms with E-state index in [9.17, 15) is 9.18 Å². The molecule has 0 spiro atoms. The van der Waals surface area contributed by atoms with Gasteiger partial charge < -0.3 is 9.47 Å². The molecule has 0 aliphatic carbocycles. The van der Waals surface area contributed by atoms with Crippen molar-refractivity contribution in [1.29, 1.82) is 0 Å². The van der Waals surface area contributed by atoms with Crippen LogP contribution in [0.3, 0.4) is 0 Å². The summed E-state index contributed by atoms with van der Waals surface area (Å²) in [6.07, 6.45) is 0. The molecule has 158 valence electrons. The number of benzene rings is 3. The second-order valence-corrected chi connectivity index (χ2v) is 8.73. The van der Waals surface area contributed by atoms with Crippen LogP contribution < -0.4 is 9.47 Å². The molecule has 4 rings (SSSR count). The number of thiophene rings is 1. The minimum absolute atomic E-state index is 0.0896. The molecule has 3 aromatic carbocycles. The molecular formula is C25H20BrFO3S. The van der Waals surface area contributed by atoms with E-state index in [0.717, 1.165) is 15.6 Å². The van der Waals surface area contributed by atoms with E-state index < -0.39 is 5.82 Å². The second kappa shape index (κ2) is 9.20. The van der Waals surface area contributed by atoms with Gasteiger partial charge in [0.15, 0.2) is 17.3 Å². The largest absolute Gasteiger partial charge is 0.494 e. The lowest BCUT2D eigenvalue weighted by Gasteiger charge is -2.16. The number of alkyl halides is 1. The topological polar surface area (TPSA) is 35.5 Å². The normalized spacial score (nSPS) is 11.0. The van der Waals surface area contributed by atoms with E-state index in [2.05, 4.69) is 15.9 Å². The number of halogens is 2. The van der Waals surface area contributed by atoms with Crippen LogP contribution in [0.4, 0.5) is 4.39 Å². The second-order valence-electron chi connectivity index (χ2n) is 7.02. The average molecular weight is 499 g/mol. The Bertz CT molecular complexity index is 1270. The van der Waals surface area contributed by atoms with Crippen molar-refractivity contribution >= 4 is 43.1 Å². The predicted octanol–water partition coefficient (Wildman–Crippen LogP) is 7.03. The molecule has 4 aromatic rings. The standard InChI is InChI=1S/C25H20BrFO3S/c1-15-11-17(30-10-9-26)13-19(16-7-8-22(29-2)21(27)12-16)24(15)25(28)20-14-31-23-6-4-3-5-18(20)23/h3-8,11-14H,9-10H2,1-2H3. The van der Waals surface area contributed by atoms with Gasteiger partial charge in [-0.3, -0.25) is 4.79 Å². The fourth-order valence-electron chi connectivity index (χ4n) is 3.65. The van der Waals surface area contributed by atoms with Gasteiger partial charge in [0.25, 0.3) is 0 Å². The summed E-state index contributed by atoms with van der Waals surface area (Å²) in [7, 11) is 1.42. The molecule has 0 atom stereocenters. The summed E-state index contributed by atoms with van der Waals surface area (Å²) >= 11 is 4.90. The van der Waals surface area contributed by atoms with Crippen LogP contribution in [0.5, 0.6) is 11.5 Å². The van der Waals surface area contributed by atoms with Crippen molar-refractivity contribution in [1.82, 2.24) is 0 Å². The maximum absolute atomic E-state index is 14.5. The van der Waals surface area contributed by atoms with Crippen LogP contribution in [-0.4, -0.2) is 24.8 Å². The molecule has 1 aromatic heterocycles. The number of hydrogen-bond acceptors (Lipinski definition) is 4. The smallest absolute Gasteiger partial charge is 0.195 e. The monoisotopic (exact) mass is 498 g/mol. The first-order valence-electron chi connectivity index (χ1n) is 9.71. The number of carbonyl (C=O) groups excluding carboxylic acids is 1. The molecular weight excluding hydrogens is 479 g/mol. The molecule has 1 heterocycles. The molecule has 0 amide bonds. The third-order valence-electron chi connectivity index (χ3n) is 5.07. The quantitative estimate of drug-likeness (QED) is 0.202. The number of carbonyl (C=O) groups is 1. The Kier molecular flexibility index (Phi) is 6.39. The minimum Gasteiger partial charge on any atom is -0.494 e. The predicted molar refractivity (Wildman–Crippen MR) is 128 cm³/mol. The number of rotatable bonds is 7. The van der Waals surface area contributed by atoms with Crippen LogP contribution in [0.2, 0.25) is 0 Å². The van der Waals surface area contributed by atoms with E-state index in [4.69, 9.17) is 9.47 Å². The number of methoxy groups -OCH3 is 1. The Hall–Kier alpha value is -2.70. The molecule has 31 heavy (non-hydrogen) atoms. The highest BCUT2D eigenvalue weighted by Crippen LogP contribution is 2.36. The van der Waals surface area contributed by atoms with Crippen LogP contribution in [0.1, 0.15) is 21.5 Å². The first kappa shape index (κ1) is 21.5. The summed E-state index contributed by atoms with van der Waals surface area (Å²) in [5, 5.41) is 3.49. The Labute approximate surface area is 192 Å². The fraction of sp³-hybridized carbons (Fsp3) is 0.160. The number of ether oxygens (including phenoxy) is 2. The number of ketones is 1. The van der Waals surface area contributed by atoms with Gasteiger partial charge in [0.1, 0.15) is 5.75 Å². The number of hydrogen-bond donors (Lipinski definition) is 0. The van der Waals surface area contributed by atoms with Crippen LogP contribution in [0.15, 0.2) is 60.0 Å². The molecule has 3 nitrogen and oxygen atoms in total. The zero-order valence-electron chi connectivity index (χ0n) is 17.1. The molecule has 0 aliphatic heterocycles. The number of fused-ring (bicyclic) bond motifs is 1. The van der Waals surface area contributed by atoms with E-state index in [1.807, 2.05) is 42.6 Å². The molecule has 0 saturated heterocycles. The zero-order valence-corrected chi connectivity index (χ0v) is 19.5. The zero-order chi connectivity index (χ0) is 22.0. The summed E-state index contributed by atoms with van der Waals surface area (Å²) in [5.41, 5.74) is 3.19. The summed E-state index contributed by atoms with van der Waals surface area (Å²) in [4.78, 5) is 13.7. The lowest BCUT2D eigenvalue weighted by Crippen LogP contribution is -2.07. The lowest BCUT2D eigenvalue weighted by atomic mass is 9.90. The van der Waals surface area contributed by atoms with Crippen LogP contribution in [0.25, 0.3) is 21.2 Å². The van der Waals surface area contributed by atoms with E-state index in [1.54, 1.807) is 18.2 Å². The number of aryl methyl sites for hydroxylation is 1. The Morgan fingerprint density at radius 1 is 1.13 bits per heavy atom. The van der Waals surface area contributed by atoms with Gasteiger partial charge in [-0.25, -0.2) is 4.39 Å². The van der Waals surface area contributed by atoms with Gasteiger partial charge in [0.2, 0.25) is 0 Å². The summed E-state index contributed by atoms with van der Waals surface area (Å²) in [6.45, 7) is 2.37. The van der Waals surface area contributed by atoms with Gasteiger partial charge in [-0.05, 0) is 53.9 Å². The molecule has 0 N–H and O–H groups in total. The van der Waals surface area contributed by atoms with Crippen molar-refractivity contribution in [2.75, 3.05) is 19.0 Å². The van der Waals surface area contributed by atoms with Gasteiger partial charge in [0, 0.05) is 31.9 Å². The first-order chi connectivity index (χ1) is 15.0. The summed E-state index contributed by atoms with van der Waals surface area (Å²) in [6, 6.07) is 16.2. The maximum atomic E-state index is 14.5. The molecule has 0 bridgehead atoms. The van der Waals surface area contributed by atoms with Crippen molar-refractivity contribution in [3.05, 3.63) is 82.5 Å². The molecule has 0 aliphatic rings. The summed E-state index contributed by atoms with van der Waals surface area (Å²) < 4.78 is 26.4. The highest BCUT2D eigenvalue weighted by Gasteiger charge is 2.22. The molecule has 6 heteroatoms. The lowest BCUT2D eigenvalue weighted by molar-refractivity contribution is 0.104. The third kappa shape index (κ3) is 4.23. The summed E-state index contributed by atoms with van der Waals surface area (Å²) in [5.74, 6) is 0.218. The Balaban J connectivity index is 1.90. The van der Waals surface area contributed by atoms with Crippen molar-refractivity contribution < 1.29 is 18.7 Å². The Morgan fingerprint density at radius 2 is 1.94 bits per heavy atom. The van der Waals surface area contributed by atoms with E-state index >= 15 is 0 Å². The van der Waals surface area contributed by atoms with E-state index in [0.29, 0.717) is 39.9 Å². The van der Waals surface area contributed by atoms with E-state index in [1.165, 1.54) is 24.5 Å². The third-order valence-corrected chi connectivity index (χ3v) is 6.36. The average Bonchev–Trinajstić information content (AvgIpc) is 3.21. The van der Waals surface area contributed by atoms with Crippen molar-refractivity contribution in [2.45, 2.75) is 6.92 Å². The Morgan fingerprint density at radius 3 is 2.68 bits per heavy atom. The van der Waals surface area contributed by atoms with Gasteiger partial charge in [-0.15, -0.1) is 11.3 Å². The van der Waals surface area contributed by atoms with Gasteiger partial charge in [-0.2, -0.15) is 0 Å². The van der Waals surface area contributed by atoms with Crippen molar-refractivity contribution in [2.24, 2.45) is 0 Å². The fourth-order valence-corrected chi connectivity index (χ4v) is 4.75. The minimum atomic E-state index is -0.483. The molecule has 0 saturated carbocycles. The first-order valence-corrected chi connectivity index (χ1v) is 11.7.